The van der Waals surface area contributed by atoms with Crippen LogP contribution in [0.2, 0.25) is 0 Å². The summed E-state index contributed by atoms with van der Waals surface area (Å²) in [7, 11) is 1.71. The fraction of sp³-hybridized carbons (Fsp3) is 0.833. The van der Waals surface area contributed by atoms with Crippen molar-refractivity contribution in [1.29, 1.82) is 0 Å². The Labute approximate surface area is 55.0 Å². The van der Waals surface area contributed by atoms with Gasteiger partial charge < -0.3 is 4.74 Å². The first-order valence-corrected chi connectivity index (χ1v) is 2.95. The fourth-order valence-electron chi connectivity index (χ4n) is 0.887. The minimum Gasteiger partial charge on any atom is -0.379 e. The van der Waals surface area contributed by atoms with E-state index in [-0.39, 0.29) is 0 Å². The van der Waals surface area contributed by atoms with Crippen LogP contribution in [0.3, 0.4) is 0 Å². The van der Waals surface area contributed by atoms with E-state index in [1.54, 1.807) is 7.11 Å². The first-order chi connectivity index (χ1) is 4.36. The van der Waals surface area contributed by atoms with Crippen LogP contribution >= 0.6 is 0 Å². The monoisotopic (exact) mass is 126 g/mol. The third-order valence-electron chi connectivity index (χ3n) is 1.53. The van der Waals surface area contributed by atoms with Gasteiger partial charge in [0.25, 0.3) is 6.67 Å². The van der Waals surface area contributed by atoms with E-state index in [9.17, 15) is 0 Å². The van der Waals surface area contributed by atoms with E-state index in [1.165, 1.54) is 0 Å². The van der Waals surface area contributed by atoms with Gasteiger partial charge in [0.1, 0.15) is 0 Å². The molecule has 0 aliphatic carbocycles. The number of hydrogen-bond acceptors (Lipinski definition) is 2. The van der Waals surface area contributed by atoms with Gasteiger partial charge in [-0.1, -0.05) is 0 Å². The molecule has 0 aromatic heterocycles. The molecule has 0 aromatic carbocycles. The summed E-state index contributed by atoms with van der Waals surface area (Å²) in [5.41, 5.74) is 0. The zero-order chi connectivity index (χ0) is 6.69. The summed E-state index contributed by atoms with van der Waals surface area (Å²) in [6.07, 6.45) is 0.381. The van der Waals surface area contributed by atoms with Gasteiger partial charge in [0.15, 0.2) is 0 Å². The summed E-state index contributed by atoms with van der Waals surface area (Å²) in [4.78, 5) is 5.30. The van der Waals surface area contributed by atoms with Gasteiger partial charge in [-0.05, 0) is 0 Å². The van der Waals surface area contributed by atoms with E-state index in [2.05, 4.69) is 9.74 Å². The maximum Gasteiger partial charge on any atom is 0.270 e. The Morgan fingerprint density at radius 1 is 1.78 bits per heavy atom. The minimum absolute atomic E-state index is 0.381. The Bertz CT molecular complexity index is 124. The average molecular weight is 126 g/mol. The van der Waals surface area contributed by atoms with E-state index in [4.69, 9.17) is 11.3 Å². The minimum atomic E-state index is 0.381. The highest BCUT2D eigenvalue weighted by Crippen LogP contribution is 2.09. The molecule has 0 atom stereocenters. The van der Waals surface area contributed by atoms with E-state index < -0.39 is 0 Å². The summed E-state index contributed by atoms with van der Waals surface area (Å²) in [6.45, 7) is 8.92. The van der Waals surface area contributed by atoms with Gasteiger partial charge in [0, 0.05) is 20.2 Å². The number of methoxy groups -OCH3 is 1. The molecule has 9 heavy (non-hydrogen) atoms. The average Bonchev–Trinajstić information content (AvgIpc) is 1.77. The van der Waals surface area contributed by atoms with Crippen LogP contribution < -0.4 is 0 Å². The molecule has 1 saturated heterocycles. The van der Waals surface area contributed by atoms with Crippen molar-refractivity contribution in [3.63, 3.8) is 0 Å². The molecule has 1 aliphatic heterocycles. The maximum atomic E-state index is 6.54. The Kier molecular flexibility index (Phi) is 2.04. The lowest BCUT2D eigenvalue weighted by Gasteiger charge is -2.33. The van der Waals surface area contributed by atoms with Crippen LogP contribution in [-0.2, 0) is 4.74 Å². The molecule has 3 heteroatoms. The van der Waals surface area contributed by atoms with Crippen molar-refractivity contribution in [2.75, 3.05) is 26.9 Å². The lowest BCUT2D eigenvalue weighted by atomic mass is 10.2. The maximum absolute atomic E-state index is 6.54. The second-order valence-electron chi connectivity index (χ2n) is 2.19. The largest absolute Gasteiger partial charge is 0.379 e. The molecule has 0 bridgehead atoms. The summed E-state index contributed by atoms with van der Waals surface area (Å²) in [6, 6.07) is 0. The Hall–Kier alpha value is -0.590. The van der Waals surface area contributed by atoms with Gasteiger partial charge in [0.2, 0.25) is 0 Å². The Morgan fingerprint density at radius 3 is 2.89 bits per heavy atom. The summed E-state index contributed by atoms with van der Waals surface area (Å²) < 4.78 is 5.02. The standard InChI is InChI=1S/C6H10N2O/c1-7-5-8-3-6(4-8)9-2/h6H,3-5H2,2H3. The SMILES string of the molecule is [C-]#[N+]CN1CC(OC)C1. The quantitative estimate of drug-likeness (QED) is 0.491. The van der Waals surface area contributed by atoms with Crippen LogP contribution in [0.5, 0.6) is 0 Å². The smallest absolute Gasteiger partial charge is 0.270 e. The molecule has 1 heterocycles. The van der Waals surface area contributed by atoms with Crippen LogP contribution in [0.4, 0.5) is 0 Å². The first kappa shape index (κ1) is 6.53. The van der Waals surface area contributed by atoms with Gasteiger partial charge in [-0.25, -0.2) is 11.5 Å². The number of ether oxygens (including phenoxy) is 1. The van der Waals surface area contributed by atoms with Crippen molar-refractivity contribution in [2.45, 2.75) is 6.10 Å². The Morgan fingerprint density at radius 2 is 2.44 bits per heavy atom. The van der Waals surface area contributed by atoms with E-state index in [0.717, 1.165) is 13.1 Å². The van der Waals surface area contributed by atoms with Gasteiger partial charge in [-0.2, -0.15) is 0 Å². The highest BCUT2D eigenvalue weighted by Gasteiger charge is 2.27. The van der Waals surface area contributed by atoms with Gasteiger partial charge in [-0.3, -0.25) is 4.85 Å². The van der Waals surface area contributed by atoms with Crippen LogP contribution in [0.15, 0.2) is 0 Å². The molecule has 0 amide bonds. The third-order valence-corrected chi connectivity index (χ3v) is 1.53. The van der Waals surface area contributed by atoms with Crippen LogP contribution in [0.1, 0.15) is 0 Å². The van der Waals surface area contributed by atoms with Crippen molar-refractivity contribution >= 4 is 0 Å². The molecule has 0 N–H and O–H groups in total. The zero-order valence-corrected chi connectivity index (χ0v) is 5.50. The van der Waals surface area contributed by atoms with Gasteiger partial charge in [0.05, 0.1) is 6.10 Å². The second-order valence-corrected chi connectivity index (χ2v) is 2.19. The lowest BCUT2D eigenvalue weighted by molar-refractivity contribution is -0.0235. The number of rotatable bonds is 2. The zero-order valence-electron chi connectivity index (χ0n) is 5.50. The number of hydrogen-bond donors (Lipinski definition) is 0. The number of likely N-dealkylation sites (tertiary alicyclic amines) is 1. The first-order valence-electron chi connectivity index (χ1n) is 2.95. The molecule has 3 nitrogen and oxygen atoms in total. The molecule has 0 radical (unpaired) electrons. The molecule has 0 aromatic rings. The van der Waals surface area contributed by atoms with Crippen LogP contribution in [0.25, 0.3) is 4.85 Å². The predicted molar refractivity (Wildman–Crippen MR) is 33.8 cm³/mol. The predicted octanol–water partition coefficient (Wildman–Crippen LogP) is 0.194. The van der Waals surface area contributed by atoms with Gasteiger partial charge >= 0.3 is 0 Å². The lowest BCUT2D eigenvalue weighted by Crippen LogP contribution is -2.51. The van der Waals surface area contributed by atoms with Crippen molar-refractivity contribution in [2.24, 2.45) is 0 Å². The third kappa shape index (κ3) is 1.41. The second kappa shape index (κ2) is 2.81. The van der Waals surface area contributed by atoms with E-state index in [0.29, 0.717) is 12.8 Å². The fourth-order valence-corrected chi connectivity index (χ4v) is 0.887. The molecule has 0 unspecified atom stereocenters. The molecular formula is C6H10N2O. The van der Waals surface area contributed by atoms with E-state index >= 15 is 0 Å². The highest BCUT2D eigenvalue weighted by molar-refractivity contribution is 4.81. The normalized spacial score (nSPS) is 20.9. The van der Waals surface area contributed by atoms with Crippen molar-refractivity contribution in [1.82, 2.24) is 4.90 Å². The molecule has 0 spiro atoms. The topological polar surface area (TPSA) is 16.8 Å². The molecule has 50 valence electrons. The molecule has 1 rings (SSSR count). The summed E-state index contributed by atoms with van der Waals surface area (Å²) in [5.74, 6) is 0. The highest BCUT2D eigenvalue weighted by atomic mass is 16.5. The number of nitrogens with zero attached hydrogens (tertiary/aromatic N) is 2. The van der Waals surface area contributed by atoms with Crippen molar-refractivity contribution in [3.05, 3.63) is 11.4 Å². The van der Waals surface area contributed by atoms with Crippen molar-refractivity contribution in [3.8, 4) is 0 Å². The van der Waals surface area contributed by atoms with E-state index in [1.807, 2.05) is 0 Å². The molecular weight excluding hydrogens is 116 g/mol. The molecule has 0 saturated carbocycles. The molecule has 1 aliphatic rings. The Balaban J connectivity index is 2.06. The van der Waals surface area contributed by atoms with Crippen LogP contribution in [-0.4, -0.2) is 37.9 Å². The van der Waals surface area contributed by atoms with Crippen molar-refractivity contribution < 1.29 is 4.74 Å². The summed E-state index contributed by atoms with van der Waals surface area (Å²) >= 11 is 0. The van der Waals surface area contributed by atoms with Gasteiger partial charge in [-0.15, -0.1) is 0 Å². The summed E-state index contributed by atoms with van der Waals surface area (Å²) in [5, 5.41) is 0. The molecule has 1 fully saturated rings. The van der Waals surface area contributed by atoms with Crippen LogP contribution in [0, 0.1) is 6.57 Å².